The molecule has 0 aromatic rings. The van der Waals surface area contributed by atoms with Crippen LogP contribution in [0.3, 0.4) is 0 Å². The number of nitrogens with one attached hydrogen (secondary N) is 1. The van der Waals surface area contributed by atoms with E-state index in [1.807, 2.05) is 0 Å². The number of carbonyl (C=O) groups excluding carboxylic acids is 1. The minimum atomic E-state index is -3.26. The number of sulfone groups is 1. The maximum atomic E-state index is 11.0. The molecule has 7 heteroatoms. The average molecular weight is 247 g/mol. The van der Waals surface area contributed by atoms with Gasteiger partial charge in [-0.1, -0.05) is 5.92 Å². The standard InChI is InChI=1S/C9H13NO5S/c1-3-4-8(11)10-7(9(12)13)5-6-16(2,14)15/h1,7H,4-6H2,2H3,(H,10,11)(H,12,13). The van der Waals surface area contributed by atoms with Gasteiger partial charge in [-0.15, -0.1) is 6.42 Å². The predicted octanol–water partition coefficient (Wildman–Crippen LogP) is -0.986. The van der Waals surface area contributed by atoms with Crippen molar-refractivity contribution < 1.29 is 23.1 Å². The molecule has 0 aromatic heterocycles. The fraction of sp³-hybridized carbons (Fsp3) is 0.556. The van der Waals surface area contributed by atoms with Gasteiger partial charge in [0.2, 0.25) is 5.91 Å². The van der Waals surface area contributed by atoms with Crippen LogP contribution in [0.4, 0.5) is 0 Å². The summed E-state index contributed by atoms with van der Waals surface area (Å²) in [5.41, 5.74) is 0. The number of aliphatic carboxylic acids is 1. The third kappa shape index (κ3) is 6.84. The number of hydrogen-bond acceptors (Lipinski definition) is 4. The molecule has 1 unspecified atom stereocenters. The van der Waals surface area contributed by atoms with Crippen LogP contribution in [-0.2, 0) is 19.4 Å². The fourth-order valence-electron chi connectivity index (χ4n) is 0.927. The molecular weight excluding hydrogens is 234 g/mol. The van der Waals surface area contributed by atoms with Gasteiger partial charge in [0.25, 0.3) is 0 Å². The summed E-state index contributed by atoms with van der Waals surface area (Å²) in [6.07, 6.45) is 5.46. The topological polar surface area (TPSA) is 101 Å². The van der Waals surface area contributed by atoms with Crippen LogP contribution in [-0.4, -0.2) is 43.5 Å². The van der Waals surface area contributed by atoms with Crippen molar-refractivity contribution in [3.63, 3.8) is 0 Å². The molecule has 1 atom stereocenters. The first-order valence-corrected chi connectivity index (χ1v) is 6.45. The second-order valence-electron chi connectivity index (χ2n) is 3.26. The molecule has 0 aromatic carbocycles. The smallest absolute Gasteiger partial charge is 0.326 e. The minimum absolute atomic E-state index is 0.176. The number of carboxylic acid groups (broad SMARTS) is 1. The third-order valence-corrected chi connectivity index (χ3v) is 2.65. The summed E-state index contributed by atoms with van der Waals surface area (Å²) in [4.78, 5) is 21.7. The van der Waals surface area contributed by atoms with E-state index >= 15 is 0 Å². The van der Waals surface area contributed by atoms with Gasteiger partial charge in [0.15, 0.2) is 0 Å². The number of hydrogen-bond donors (Lipinski definition) is 2. The Labute approximate surface area is 94.0 Å². The van der Waals surface area contributed by atoms with Crippen LogP contribution in [0.15, 0.2) is 0 Å². The predicted molar refractivity (Wildman–Crippen MR) is 57.3 cm³/mol. The zero-order valence-corrected chi connectivity index (χ0v) is 9.58. The Morgan fingerprint density at radius 1 is 1.50 bits per heavy atom. The highest BCUT2D eigenvalue weighted by molar-refractivity contribution is 7.90. The van der Waals surface area contributed by atoms with Gasteiger partial charge in [0.05, 0.1) is 12.2 Å². The molecule has 0 rings (SSSR count). The largest absolute Gasteiger partial charge is 0.480 e. The summed E-state index contributed by atoms with van der Waals surface area (Å²) in [5, 5.41) is 10.9. The monoisotopic (exact) mass is 247 g/mol. The summed E-state index contributed by atoms with van der Waals surface area (Å²) in [7, 11) is -3.26. The molecule has 0 aliphatic heterocycles. The lowest BCUT2D eigenvalue weighted by Gasteiger charge is -2.12. The van der Waals surface area contributed by atoms with Gasteiger partial charge in [-0.2, -0.15) is 0 Å². The van der Waals surface area contributed by atoms with Crippen LogP contribution in [0.1, 0.15) is 12.8 Å². The van der Waals surface area contributed by atoms with Crippen molar-refractivity contribution in [2.24, 2.45) is 0 Å². The highest BCUT2D eigenvalue weighted by Gasteiger charge is 2.20. The van der Waals surface area contributed by atoms with Crippen molar-refractivity contribution in [2.75, 3.05) is 12.0 Å². The van der Waals surface area contributed by atoms with Crippen molar-refractivity contribution in [1.82, 2.24) is 5.32 Å². The lowest BCUT2D eigenvalue weighted by Crippen LogP contribution is -2.41. The molecule has 0 saturated heterocycles. The Balaban J connectivity index is 4.36. The van der Waals surface area contributed by atoms with E-state index in [9.17, 15) is 18.0 Å². The summed E-state index contributed by atoms with van der Waals surface area (Å²) in [5.74, 6) is -0.136. The first-order valence-electron chi connectivity index (χ1n) is 4.39. The van der Waals surface area contributed by atoms with Crippen LogP contribution >= 0.6 is 0 Å². The molecular formula is C9H13NO5S. The highest BCUT2D eigenvalue weighted by atomic mass is 32.2. The first-order chi connectivity index (χ1) is 7.26. The van der Waals surface area contributed by atoms with E-state index in [4.69, 9.17) is 11.5 Å². The van der Waals surface area contributed by atoms with Crippen molar-refractivity contribution in [1.29, 1.82) is 0 Å². The SMILES string of the molecule is C#CCC(=O)NC(CCS(C)(=O)=O)C(=O)O. The van der Waals surface area contributed by atoms with E-state index < -0.39 is 27.8 Å². The van der Waals surface area contributed by atoms with E-state index in [0.717, 1.165) is 6.26 Å². The lowest BCUT2D eigenvalue weighted by molar-refractivity contribution is -0.141. The van der Waals surface area contributed by atoms with Gasteiger partial charge in [-0.05, 0) is 6.42 Å². The van der Waals surface area contributed by atoms with E-state index in [-0.39, 0.29) is 18.6 Å². The third-order valence-electron chi connectivity index (χ3n) is 1.67. The normalized spacial score (nSPS) is 12.5. The Morgan fingerprint density at radius 2 is 2.06 bits per heavy atom. The number of terminal acetylenes is 1. The summed E-state index contributed by atoms with van der Waals surface area (Å²) in [6.45, 7) is 0. The molecule has 0 spiro atoms. The van der Waals surface area contributed by atoms with E-state index in [1.165, 1.54) is 0 Å². The lowest BCUT2D eigenvalue weighted by atomic mass is 10.2. The van der Waals surface area contributed by atoms with Crippen LogP contribution in [0.5, 0.6) is 0 Å². The molecule has 0 fully saturated rings. The van der Waals surface area contributed by atoms with Crippen LogP contribution in [0.2, 0.25) is 0 Å². The average Bonchev–Trinajstić information content (AvgIpc) is 2.10. The molecule has 0 radical (unpaired) electrons. The maximum Gasteiger partial charge on any atom is 0.326 e. The second kappa shape index (κ2) is 6.12. The van der Waals surface area contributed by atoms with Gasteiger partial charge in [-0.3, -0.25) is 4.79 Å². The van der Waals surface area contributed by atoms with Gasteiger partial charge >= 0.3 is 5.97 Å². The Hall–Kier alpha value is -1.55. The molecule has 90 valence electrons. The zero-order chi connectivity index (χ0) is 12.8. The first kappa shape index (κ1) is 14.5. The molecule has 2 N–H and O–H groups in total. The molecule has 16 heavy (non-hydrogen) atoms. The van der Waals surface area contributed by atoms with Crippen molar-refractivity contribution in [3.05, 3.63) is 0 Å². The van der Waals surface area contributed by atoms with Crippen molar-refractivity contribution in [2.45, 2.75) is 18.9 Å². The van der Waals surface area contributed by atoms with E-state index in [2.05, 4.69) is 11.2 Å². The van der Waals surface area contributed by atoms with Gasteiger partial charge in [0.1, 0.15) is 15.9 Å². The molecule has 6 nitrogen and oxygen atoms in total. The number of carboxylic acids is 1. The van der Waals surface area contributed by atoms with Crippen molar-refractivity contribution >= 4 is 21.7 Å². The zero-order valence-electron chi connectivity index (χ0n) is 8.76. The quantitative estimate of drug-likeness (QED) is 0.587. The summed E-state index contributed by atoms with van der Waals surface area (Å²) in [6, 6.07) is -1.23. The van der Waals surface area contributed by atoms with E-state index in [0.29, 0.717) is 0 Å². The second-order valence-corrected chi connectivity index (χ2v) is 5.52. The maximum absolute atomic E-state index is 11.0. The van der Waals surface area contributed by atoms with E-state index in [1.54, 1.807) is 0 Å². The number of rotatable bonds is 6. The Morgan fingerprint density at radius 3 is 2.44 bits per heavy atom. The van der Waals surface area contributed by atoms with Gasteiger partial charge in [0, 0.05) is 6.26 Å². The number of amides is 1. The molecule has 0 aliphatic rings. The fourth-order valence-corrected chi connectivity index (χ4v) is 1.59. The van der Waals surface area contributed by atoms with Gasteiger partial charge in [-0.25, -0.2) is 13.2 Å². The molecule has 0 aliphatic carbocycles. The number of carbonyl (C=O) groups is 2. The molecule has 0 saturated carbocycles. The summed E-state index contributed by atoms with van der Waals surface area (Å²) >= 11 is 0. The molecule has 0 bridgehead atoms. The minimum Gasteiger partial charge on any atom is -0.480 e. The molecule has 1 amide bonds. The van der Waals surface area contributed by atoms with Gasteiger partial charge < -0.3 is 10.4 Å². The van der Waals surface area contributed by atoms with Crippen LogP contribution < -0.4 is 5.32 Å². The van der Waals surface area contributed by atoms with Crippen LogP contribution in [0, 0.1) is 12.3 Å². The van der Waals surface area contributed by atoms with Crippen molar-refractivity contribution in [3.8, 4) is 12.3 Å². The molecule has 0 heterocycles. The Bertz CT molecular complexity index is 406. The summed E-state index contributed by atoms with van der Waals surface area (Å²) < 4.78 is 21.7. The van der Waals surface area contributed by atoms with Crippen LogP contribution in [0.25, 0.3) is 0 Å². The highest BCUT2D eigenvalue weighted by Crippen LogP contribution is 1.97. The Kier molecular flexibility index (Phi) is 5.53.